The van der Waals surface area contributed by atoms with Crippen molar-refractivity contribution >= 4 is 10.0 Å². The molecule has 0 unspecified atom stereocenters. The Morgan fingerprint density at radius 3 is 2.23 bits per heavy atom. The molecule has 1 rings (SSSR count). The van der Waals surface area contributed by atoms with Crippen LogP contribution in [0.4, 0.5) is 0 Å². The van der Waals surface area contributed by atoms with Gasteiger partial charge in [0.05, 0.1) is 5.75 Å². The van der Waals surface area contributed by atoms with Crippen molar-refractivity contribution in [1.29, 1.82) is 0 Å². The number of sulfonamides is 1. The third-order valence-corrected chi connectivity index (χ3v) is 2.29. The van der Waals surface area contributed by atoms with Crippen molar-refractivity contribution in [3.63, 3.8) is 0 Å². The molecule has 0 radical (unpaired) electrons. The molecule has 0 aliphatic rings. The Hall–Kier alpha value is 0.766. The zero-order valence-electron chi connectivity index (χ0n) is 8.60. The summed E-state index contributed by atoms with van der Waals surface area (Å²) in [7, 11) is -3.32. The summed E-state index contributed by atoms with van der Waals surface area (Å²) in [5.74, 6) is 0.0109. The van der Waals surface area contributed by atoms with Gasteiger partial charge in [0, 0.05) is 0 Å². The van der Waals surface area contributed by atoms with Crippen LogP contribution in [0.3, 0.4) is 0 Å². The van der Waals surface area contributed by atoms with Crippen LogP contribution in [0, 0.1) is 0 Å². The summed E-state index contributed by atoms with van der Waals surface area (Å²) in [6, 6.07) is 9.40. The maximum atomic E-state index is 10.6. The molecule has 1 aromatic carbocycles. The number of aryl methyl sites for hydroxylation is 1. The summed E-state index contributed by atoms with van der Waals surface area (Å²) in [4.78, 5) is 0. The number of hydrogen-bond acceptors (Lipinski definition) is 2. The van der Waals surface area contributed by atoms with Crippen molar-refractivity contribution in [2.75, 3.05) is 5.75 Å². The quantitative estimate of drug-likeness (QED) is 0.585. The van der Waals surface area contributed by atoms with E-state index in [0.717, 1.165) is 5.56 Å². The van der Waals surface area contributed by atoms with Crippen molar-refractivity contribution in [1.82, 2.24) is 0 Å². The predicted octanol–water partition coefficient (Wildman–Crippen LogP) is -2.37. The van der Waals surface area contributed by atoms with Crippen LogP contribution in [0.15, 0.2) is 30.3 Å². The maximum Gasteiger partial charge on any atom is 1.00 e. The minimum absolute atomic E-state index is 0. The van der Waals surface area contributed by atoms with Gasteiger partial charge < -0.3 is 1.43 Å². The van der Waals surface area contributed by atoms with E-state index in [1.165, 1.54) is 0 Å². The molecule has 0 spiro atoms. The summed E-state index contributed by atoms with van der Waals surface area (Å²) >= 11 is 0. The zero-order valence-corrected chi connectivity index (χ0v) is 11.5. The molecule has 0 heterocycles. The molecule has 0 saturated carbocycles. The average molecular weight is 225 g/mol. The SMILES string of the molecule is NS(=O)(=O)CCc1ccccc1.[H-].[K+]. The molecule has 0 fully saturated rings. The molecule has 13 heavy (non-hydrogen) atoms. The predicted molar refractivity (Wildman–Crippen MR) is 49.2 cm³/mol. The first kappa shape index (κ1) is 13.8. The van der Waals surface area contributed by atoms with Gasteiger partial charge in [0.1, 0.15) is 0 Å². The van der Waals surface area contributed by atoms with Crippen LogP contribution in [0.5, 0.6) is 0 Å². The van der Waals surface area contributed by atoms with E-state index in [1.54, 1.807) is 0 Å². The Morgan fingerprint density at radius 1 is 1.23 bits per heavy atom. The average Bonchev–Trinajstić information content (AvgIpc) is 2.02. The number of hydrogen-bond donors (Lipinski definition) is 1. The molecular formula is C8H12KNO2S. The standard InChI is InChI=1S/C8H11NO2S.K.H/c9-12(10,11)7-6-8-4-2-1-3-5-8;;/h1-5H,6-7H2,(H2,9,10,11);;/q;+1;-1. The third kappa shape index (κ3) is 6.79. The Morgan fingerprint density at radius 2 is 1.77 bits per heavy atom. The van der Waals surface area contributed by atoms with Gasteiger partial charge in [-0.15, -0.1) is 0 Å². The van der Waals surface area contributed by atoms with E-state index in [4.69, 9.17) is 5.14 Å². The smallest absolute Gasteiger partial charge is 1.00 e. The first-order chi connectivity index (χ1) is 5.58. The molecule has 0 aliphatic carbocycles. The first-order valence-corrected chi connectivity index (χ1v) is 5.34. The molecule has 3 nitrogen and oxygen atoms in total. The minimum atomic E-state index is -3.32. The van der Waals surface area contributed by atoms with Gasteiger partial charge in [-0.1, -0.05) is 30.3 Å². The molecule has 2 N–H and O–H groups in total. The van der Waals surface area contributed by atoms with E-state index in [2.05, 4.69) is 0 Å². The number of benzene rings is 1. The van der Waals surface area contributed by atoms with E-state index in [1.807, 2.05) is 30.3 Å². The molecule has 0 bridgehead atoms. The molecule has 0 aliphatic heterocycles. The van der Waals surface area contributed by atoms with Crippen LogP contribution in [0.1, 0.15) is 6.99 Å². The molecule has 1 aromatic rings. The van der Waals surface area contributed by atoms with E-state index in [0.29, 0.717) is 6.42 Å². The molecule has 68 valence electrons. The van der Waals surface area contributed by atoms with Gasteiger partial charge in [-0.2, -0.15) is 0 Å². The van der Waals surface area contributed by atoms with Crippen LogP contribution in [0.2, 0.25) is 0 Å². The first-order valence-electron chi connectivity index (χ1n) is 3.62. The Balaban J connectivity index is 0. The van der Waals surface area contributed by atoms with Crippen molar-refractivity contribution in [2.45, 2.75) is 6.42 Å². The Kier molecular flexibility index (Phi) is 6.66. The van der Waals surface area contributed by atoms with Gasteiger partial charge in [-0.3, -0.25) is 0 Å². The second-order valence-electron chi connectivity index (χ2n) is 2.60. The second kappa shape index (κ2) is 6.29. The van der Waals surface area contributed by atoms with Crippen LogP contribution in [-0.4, -0.2) is 14.2 Å². The zero-order chi connectivity index (χ0) is 9.03. The molecular weight excluding hydrogens is 213 g/mol. The molecule has 0 amide bonds. The normalized spacial score (nSPS) is 10.5. The van der Waals surface area contributed by atoms with Gasteiger partial charge in [0.25, 0.3) is 0 Å². The fourth-order valence-electron chi connectivity index (χ4n) is 0.905. The Labute approximate surface area is 123 Å². The molecule has 0 saturated heterocycles. The van der Waals surface area contributed by atoms with Gasteiger partial charge in [0.15, 0.2) is 0 Å². The molecule has 5 heteroatoms. The largest absolute Gasteiger partial charge is 1.00 e. The summed E-state index contributed by atoms with van der Waals surface area (Å²) in [5, 5.41) is 4.86. The number of nitrogens with two attached hydrogens (primary N) is 1. The number of primary sulfonamides is 1. The van der Waals surface area contributed by atoms with E-state index < -0.39 is 10.0 Å². The van der Waals surface area contributed by atoms with Crippen molar-refractivity contribution in [2.24, 2.45) is 5.14 Å². The maximum absolute atomic E-state index is 10.6. The summed E-state index contributed by atoms with van der Waals surface area (Å²) in [5.41, 5.74) is 0.992. The molecule has 0 atom stereocenters. The fraction of sp³-hybridized carbons (Fsp3) is 0.250. The summed E-state index contributed by atoms with van der Waals surface area (Å²) < 4.78 is 21.2. The van der Waals surface area contributed by atoms with Crippen molar-refractivity contribution < 1.29 is 61.2 Å². The van der Waals surface area contributed by atoms with E-state index in [9.17, 15) is 8.42 Å². The van der Waals surface area contributed by atoms with Gasteiger partial charge in [-0.05, 0) is 12.0 Å². The topological polar surface area (TPSA) is 60.2 Å². The van der Waals surface area contributed by atoms with Gasteiger partial charge >= 0.3 is 51.4 Å². The number of rotatable bonds is 3. The third-order valence-electron chi connectivity index (χ3n) is 1.52. The van der Waals surface area contributed by atoms with Crippen LogP contribution >= 0.6 is 0 Å². The summed E-state index contributed by atoms with van der Waals surface area (Å²) in [6.45, 7) is 0. The van der Waals surface area contributed by atoms with Crippen molar-refractivity contribution in [3.05, 3.63) is 35.9 Å². The minimum Gasteiger partial charge on any atom is -1.00 e. The molecule has 0 aromatic heterocycles. The monoisotopic (exact) mass is 225 g/mol. The van der Waals surface area contributed by atoms with E-state index in [-0.39, 0.29) is 58.6 Å². The van der Waals surface area contributed by atoms with Crippen LogP contribution in [-0.2, 0) is 16.4 Å². The van der Waals surface area contributed by atoms with Crippen molar-refractivity contribution in [3.8, 4) is 0 Å². The van der Waals surface area contributed by atoms with Gasteiger partial charge in [-0.25, -0.2) is 13.6 Å². The summed E-state index contributed by atoms with van der Waals surface area (Å²) in [6.07, 6.45) is 0.486. The van der Waals surface area contributed by atoms with Crippen LogP contribution < -0.4 is 56.5 Å². The van der Waals surface area contributed by atoms with E-state index >= 15 is 0 Å². The second-order valence-corrected chi connectivity index (χ2v) is 4.34. The fourth-order valence-corrected chi connectivity index (χ4v) is 1.43. The van der Waals surface area contributed by atoms with Crippen LogP contribution in [0.25, 0.3) is 0 Å². The Bertz CT molecular complexity index is 342. The van der Waals surface area contributed by atoms with Gasteiger partial charge in [0.2, 0.25) is 10.0 Å².